The van der Waals surface area contributed by atoms with Crippen LogP contribution in [0.1, 0.15) is 61.9 Å². The monoisotopic (exact) mass is 519 g/mol. The number of unbranched alkanes of at least 4 members (excludes halogenated alkanes) is 2. The van der Waals surface area contributed by atoms with Crippen LogP contribution < -0.4 is 11.2 Å². The minimum atomic E-state index is -4.51. The van der Waals surface area contributed by atoms with E-state index in [1.54, 1.807) is 0 Å². The van der Waals surface area contributed by atoms with Gasteiger partial charge in [-0.3, -0.25) is 28.7 Å². The van der Waals surface area contributed by atoms with Crippen molar-refractivity contribution in [1.29, 1.82) is 0 Å². The van der Waals surface area contributed by atoms with Crippen molar-refractivity contribution in [2.24, 2.45) is 0 Å². The molecule has 3 aromatic rings. The smallest absolute Gasteiger partial charge is 0.287 e. The van der Waals surface area contributed by atoms with Gasteiger partial charge in [0.2, 0.25) is 0 Å². The van der Waals surface area contributed by atoms with E-state index < -0.39 is 33.6 Å². The molecule has 2 heterocycles. The molecule has 0 aliphatic carbocycles. The summed E-state index contributed by atoms with van der Waals surface area (Å²) in [4.78, 5) is 37.1. The average Bonchev–Trinajstić information content (AvgIpc) is 3.28. The topological polar surface area (TPSA) is 105 Å². The molecule has 0 bridgehead atoms. The predicted molar refractivity (Wildman–Crippen MR) is 133 cm³/mol. The fourth-order valence-corrected chi connectivity index (χ4v) is 3.92. The molecule has 0 aliphatic rings. The van der Waals surface area contributed by atoms with Gasteiger partial charge in [0.05, 0.1) is 23.2 Å². The lowest BCUT2D eigenvalue weighted by Gasteiger charge is -2.13. The largest absolute Gasteiger partial charge is 0.416 e. The predicted octanol–water partition coefficient (Wildman–Crippen LogP) is 4.95. The average molecular weight is 520 g/mol. The normalized spacial score (nSPS) is 11.9. The fourth-order valence-electron chi connectivity index (χ4n) is 3.92. The van der Waals surface area contributed by atoms with Gasteiger partial charge in [0, 0.05) is 24.8 Å². The van der Waals surface area contributed by atoms with Crippen LogP contribution in [0.5, 0.6) is 0 Å². The van der Waals surface area contributed by atoms with E-state index in [9.17, 15) is 32.9 Å². The Hall–Kier alpha value is -3.96. The molecule has 37 heavy (non-hydrogen) atoms. The van der Waals surface area contributed by atoms with E-state index in [-0.39, 0.29) is 30.9 Å². The number of hydrogen-bond donors (Lipinski definition) is 0. The molecule has 0 radical (unpaired) electrons. The van der Waals surface area contributed by atoms with Gasteiger partial charge in [0.1, 0.15) is 5.69 Å². The second-order valence-electron chi connectivity index (χ2n) is 8.55. The number of nitrogens with zero attached hydrogens (tertiary/aromatic N) is 5. The summed E-state index contributed by atoms with van der Waals surface area (Å²) in [6.07, 6.45) is 3.63. The molecule has 0 spiro atoms. The highest BCUT2D eigenvalue weighted by Gasteiger charge is 2.33. The Morgan fingerprint density at radius 1 is 1.03 bits per heavy atom. The Morgan fingerprint density at radius 2 is 1.68 bits per heavy atom. The first-order valence-electron chi connectivity index (χ1n) is 12.0. The first-order valence-corrected chi connectivity index (χ1v) is 12.0. The quantitative estimate of drug-likeness (QED) is 0.263. The Bertz CT molecular complexity index is 1400. The van der Waals surface area contributed by atoms with Crippen molar-refractivity contribution >= 4 is 17.8 Å². The molecule has 0 unspecified atom stereocenters. The first-order chi connectivity index (χ1) is 17.6. The van der Waals surface area contributed by atoms with Crippen LogP contribution in [-0.2, 0) is 25.8 Å². The molecule has 0 saturated heterocycles. The third-order valence-electron chi connectivity index (χ3n) is 5.84. The maximum atomic E-state index is 13.3. The second-order valence-corrected chi connectivity index (χ2v) is 8.55. The highest BCUT2D eigenvalue weighted by Crippen LogP contribution is 2.32. The highest BCUT2D eigenvalue weighted by atomic mass is 19.4. The van der Waals surface area contributed by atoms with E-state index in [0.717, 1.165) is 17.1 Å². The summed E-state index contributed by atoms with van der Waals surface area (Å²) in [7, 11) is 0. The maximum Gasteiger partial charge on any atom is 0.416 e. The van der Waals surface area contributed by atoms with Crippen molar-refractivity contribution in [1.82, 2.24) is 18.9 Å². The van der Waals surface area contributed by atoms with Crippen LogP contribution >= 0.6 is 0 Å². The molecule has 9 nitrogen and oxygen atoms in total. The molecule has 2 aromatic heterocycles. The van der Waals surface area contributed by atoms with Crippen LogP contribution in [0.25, 0.3) is 12.2 Å². The van der Waals surface area contributed by atoms with Gasteiger partial charge in [0.15, 0.2) is 0 Å². The van der Waals surface area contributed by atoms with E-state index in [1.165, 1.54) is 52.0 Å². The van der Waals surface area contributed by atoms with Gasteiger partial charge in [-0.15, -0.1) is 0 Å². The molecule has 1 aromatic carbocycles. The molecular formula is C25H28F3N5O4. The summed E-state index contributed by atoms with van der Waals surface area (Å²) in [5, 5.41) is 16.0. The lowest BCUT2D eigenvalue weighted by molar-refractivity contribution is -0.387. The summed E-state index contributed by atoms with van der Waals surface area (Å²) in [6, 6.07) is 5.18. The number of alkyl halides is 3. The van der Waals surface area contributed by atoms with E-state index in [1.807, 2.05) is 13.8 Å². The maximum absolute atomic E-state index is 13.3. The Balaban J connectivity index is 2.01. The van der Waals surface area contributed by atoms with E-state index >= 15 is 0 Å². The number of halogens is 3. The zero-order chi connectivity index (χ0) is 27.2. The summed E-state index contributed by atoms with van der Waals surface area (Å²) in [5.41, 5.74) is -2.70. The molecule has 0 saturated carbocycles. The van der Waals surface area contributed by atoms with Gasteiger partial charge >= 0.3 is 23.1 Å². The lowest BCUT2D eigenvalue weighted by Crippen LogP contribution is -2.42. The molecule has 0 atom stereocenters. The van der Waals surface area contributed by atoms with Crippen LogP contribution in [0, 0.1) is 10.1 Å². The van der Waals surface area contributed by atoms with Gasteiger partial charge in [-0.1, -0.05) is 44.9 Å². The third-order valence-corrected chi connectivity index (χ3v) is 5.84. The molecule has 0 amide bonds. The van der Waals surface area contributed by atoms with Crippen LogP contribution in [0.15, 0.2) is 46.2 Å². The fraction of sp³-hybridized carbons (Fsp3) is 0.400. The highest BCUT2D eigenvalue weighted by molar-refractivity contribution is 5.71. The Kier molecular flexibility index (Phi) is 8.85. The zero-order valence-electron chi connectivity index (χ0n) is 20.6. The van der Waals surface area contributed by atoms with Gasteiger partial charge in [0.25, 0.3) is 0 Å². The van der Waals surface area contributed by atoms with Gasteiger partial charge in [-0.05, 0) is 36.6 Å². The number of aromatic nitrogens is 4. The summed E-state index contributed by atoms with van der Waals surface area (Å²) in [5.74, 6) is 0. The number of rotatable bonds is 11. The van der Waals surface area contributed by atoms with E-state index in [2.05, 4.69) is 5.10 Å². The molecular weight excluding hydrogens is 491 g/mol. The molecule has 198 valence electrons. The summed E-state index contributed by atoms with van der Waals surface area (Å²) < 4.78 is 43.4. The third kappa shape index (κ3) is 6.43. The first kappa shape index (κ1) is 27.6. The Labute approximate surface area is 210 Å². The van der Waals surface area contributed by atoms with Crippen molar-refractivity contribution in [3.63, 3.8) is 0 Å². The second kappa shape index (κ2) is 11.8. The Morgan fingerprint density at radius 3 is 2.30 bits per heavy atom. The standard InChI is InChI=1S/C25H28F3N5O4/c1-3-5-13-31-21(22(33(36)37)23(34)32(24(31)35)14-6-4-2)12-11-18-15-29-30(16-18)17-19-9-7-8-10-20(19)25(26,27)28/h7-12,15-16H,3-6,13-14,17H2,1-2H3/b12-11+. The van der Waals surface area contributed by atoms with Crippen molar-refractivity contribution in [2.45, 2.75) is 65.3 Å². The van der Waals surface area contributed by atoms with E-state index in [0.29, 0.717) is 24.8 Å². The van der Waals surface area contributed by atoms with Crippen LogP contribution in [0.3, 0.4) is 0 Å². The zero-order valence-corrected chi connectivity index (χ0v) is 20.6. The van der Waals surface area contributed by atoms with Crippen LogP contribution in [-0.4, -0.2) is 23.8 Å². The molecule has 0 aliphatic heterocycles. The lowest BCUT2D eigenvalue weighted by atomic mass is 10.1. The molecule has 0 fully saturated rings. The molecule has 0 N–H and O–H groups in total. The van der Waals surface area contributed by atoms with Crippen molar-refractivity contribution in [3.8, 4) is 0 Å². The SMILES string of the molecule is CCCCn1c(/C=C/c2cnn(Cc3ccccc3C(F)(F)F)c2)c([N+](=O)[O-])c(=O)n(CCCC)c1=O. The number of hydrogen-bond acceptors (Lipinski definition) is 5. The molecule has 12 heteroatoms. The van der Waals surface area contributed by atoms with Crippen LogP contribution in [0.2, 0.25) is 0 Å². The van der Waals surface area contributed by atoms with Crippen molar-refractivity contribution in [3.05, 3.63) is 90.0 Å². The van der Waals surface area contributed by atoms with E-state index in [4.69, 9.17) is 0 Å². The van der Waals surface area contributed by atoms with Crippen molar-refractivity contribution in [2.75, 3.05) is 0 Å². The van der Waals surface area contributed by atoms with Gasteiger partial charge in [-0.25, -0.2) is 4.79 Å². The molecule has 3 rings (SSSR count). The number of benzene rings is 1. The summed E-state index contributed by atoms with van der Waals surface area (Å²) >= 11 is 0. The van der Waals surface area contributed by atoms with Gasteiger partial charge < -0.3 is 0 Å². The minimum absolute atomic E-state index is 0.0355. The van der Waals surface area contributed by atoms with Crippen LogP contribution in [0.4, 0.5) is 18.9 Å². The minimum Gasteiger partial charge on any atom is -0.287 e. The van der Waals surface area contributed by atoms with Crippen molar-refractivity contribution < 1.29 is 18.1 Å². The number of nitro groups is 1. The van der Waals surface area contributed by atoms with Gasteiger partial charge in [-0.2, -0.15) is 18.3 Å². The summed E-state index contributed by atoms with van der Waals surface area (Å²) in [6.45, 7) is 3.92.